The summed E-state index contributed by atoms with van der Waals surface area (Å²) in [4.78, 5) is 27.8. The standard InChI is InChI=1S/C28H38BrN3O4S/c1-37(35,36)31-24(33)14-21-15-28(26-22(21)3-2-4-23(26)29)5-7-32(8-6-28)16-25(34)30-27-19-10-17-9-18(12-19)13-20(27)11-17/h2-4,17-21,27H,5-16H2,1H3,(H,30,34)(H,31,33). The minimum Gasteiger partial charge on any atom is -0.352 e. The van der Waals surface area contributed by atoms with Crippen LogP contribution in [-0.2, 0) is 25.0 Å². The molecule has 1 spiro atoms. The smallest absolute Gasteiger partial charge is 0.234 e. The van der Waals surface area contributed by atoms with Crippen molar-refractivity contribution >= 4 is 37.8 Å². The molecule has 2 amide bonds. The van der Waals surface area contributed by atoms with Gasteiger partial charge < -0.3 is 5.32 Å². The van der Waals surface area contributed by atoms with Gasteiger partial charge >= 0.3 is 0 Å². The summed E-state index contributed by atoms with van der Waals surface area (Å²) in [5.74, 6) is 2.91. The van der Waals surface area contributed by atoms with E-state index in [9.17, 15) is 18.0 Å². The number of piperidine rings is 1. The monoisotopic (exact) mass is 591 g/mol. The zero-order chi connectivity index (χ0) is 25.9. The van der Waals surface area contributed by atoms with E-state index in [4.69, 9.17) is 0 Å². The number of benzene rings is 1. The molecule has 2 N–H and O–H groups in total. The summed E-state index contributed by atoms with van der Waals surface area (Å²) < 4.78 is 26.3. The largest absolute Gasteiger partial charge is 0.352 e. The lowest BCUT2D eigenvalue weighted by Gasteiger charge is -2.54. The van der Waals surface area contributed by atoms with Crippen LogP contribution in [0.3, 0.4) is 0 Å². The maximum absolute atomic E-state index is 13.1. The van der Waals surface area contributed by atoms with E-state index in [1.165, 1.54) is 37.7 Å². The van der Waals surface area contributed by atoms with Crippen molar-refractivity contribution in [1.82, 2.24) is 14.9 Å². The second-order valence-corrected chi connectivity index (χ2v) is 15.3. The van der Waals surface area contributed by atoms with Gasteiger partial charge in [0, 0.05) is 16.9 Å². The van der Waals surface area contributed by atoms with Gasteiger partial charge in [-0.15, -0.1) is 0 Å². The van der Waals surface area contributed by atoms with E-state index < -0.39 is 15.9 Å². The molecule has 4 saturated carbocycles. The predicted octanol–water partition coefficient (Wildman–Crippen LogP) is 3.68. The van der Waals surface area contributed by atoms with Crippen molar-refractivity contribution in [3.63, 3.8) is 0 Å². The Labute approximate surface area is 228 Å². The van der Waals surface area contributed by atoms with Gasteiger partial charge in [-0.2, -0.15) is 0 Å². The molecular weight excluding hydrogens is 554 g/mol. The number of carbonyl (C=O) groups is 2. The molecule has 0 radical (unpaired) electrons. The number of rotatable bonds is 6. The van der Waals surface area contributed by atoms with Gasteiger partial charge in [0.25, 0.3) is 0 Å². The van der Waals surface area contributed by atoms with Crippen molar-refractivity contribution < 1.29 is 18.0 Å². The average Bonchev–Trinajstić information content (AvgIpc) is 3.10. The van der Waals surface area contributed by atoms with E-state index in [0.717, 1.165) is 60.5 Å². The van der Waals surface area contributed by atoms with Crippen molar-refractivity contribution in [3.05, 3.63) is 33.8 Å². The number of sulfonamides is 1. The molecule has 1 heterocycles. The fourth-order valence-corrected chi connectivity index (χ4v) is 10.3. The summed E-state index contributed by atoms with van der Waals surface area (Å²) in [7, 11) is -3.57. The summed E-state index contributed by atoms with van der Waals surface area (Å²) in [6.07, 6.45) is 10.5. The summed E-state index contributed by atoms with van der Waals surface area (Å²) in [5.41, 5.74) is 2.36. The number of fused-ring (bicyclic) bond motifs is 2. The third kappa shape index (κ3) is 5.12. The third-order valence-corrected chi connectivity index (χ3v) is 11.4. The van der Waals surface area contributed by atoms with Crippen LogP contribution in [0.2, 0.25) is 0 Å². The lowest BCUT2D eigenvalue weighted by atomic mass is 9.54. The van der Waals surface area contributed by atoms with E-state index in [-0.39, 0.29) is 23.7 Å². The molecule has 1 aromatic rings. The van der Waals surface area contributed by atoms with Gasteiger partial charge in [-0.1, -0.05) is 28.1 Å². The highest BCUT2D eigenvalue weighted by molar-refractivity contribution is 9.10. The topological polar surface area (TPSA) is 95.6 Å². The van der Waals surface area contributed by atoms with Crippen molar-refractivity contribution in [2.24, 2.45) is 23.7 Å². The van der Waals surface area contributed by atoms with Gasteiger partial charge in [-0.3, -0.25) is 19.2 Å². The number of nitrogens with zero attached hydrogens (tertiary/aromatic N) is 1. The fourth-order valence-electron chi connectivity index (χ4n) is 8.97. The molecule has 5 aliphatic carbocycles. The van der Waals surface area contributed by atoms with Crippen LogP contribution >= 0.6 is 15.9 Å². The maximum atomic E-state index is 13.1. The van der Waals surface area contributed by atoms with Crippen LogP contribution in [-0.4, -0.2) is 57.1 Å². The number of hydrogen-bond acceptors (Lipinski definition) is 5. The number of hydrogen-bond donors (Lipinski definition) is 2. The van der Waals surface area contributed by atoms with Crippen LogP contribution in [0.25, 0.3) is 0 Å². The highest BCUT2D eigenvalue weighted by Crippen LogP contribution is 2.55. The summed E-state index contributed by atoms with van der Waals surface area (Å²) in [6.45, 7) is 2.15. The molecule has 7 rings (SSSR count). The molecule has 1 saturated heterocycles. The zero-order valence-corrected chi connectivity index (χ0v) is 24.0. The third-order valence-electron chi connectivity index (χ3n) is 10.1. The molecule has 1 aliphatic heterocycles. The first-order valence-corrected chi connectivity index (χ1v) is 16.6. The van der Waals surface area contributed by atoms with Crippen LogP contribution in [0, 0.1) is 23.7 Å². The summed E-state index contributed by atoms with van der Waals surface area (Å²) >= 11 is 3.77. The second-order valence-electron chi connectivity index (χ2n) is 12.7. The molecule has 1 atom stereocenters. The van der Waals surface area contributed by atoms with Gasteiger partial charge in [0.2, 0.25) is 21.8 Å². The van der Waals surface area contributed by atoms with Crippen LogP contribution in [0.1, 0.15) is 74.8 Å². The number of carbonyl (C=O) groups excluding carboxylic acids is 2. The number of likely N-dealkylation sites (tertiary alicyclic amines) is 1. The van der Waals surface area contributed by atoms with Gasteiger partial charge in [0.05, 0.1) is 12.8 Å². The van der Waals surface area contributed by atoms with E-state index in [1.54, 1.807) is 0 Å². The van der Waals surface area contributed by atoms with Crippen LogP contribution < -0.4 is 10.0 Å². The minimum atomic E-state index is -3.57. The molecule has 0 aromatic heterocycles. The van der Waals surface area contributed by atoms with Crippen molar-refractivity contribution in [3.8, 4) is 0 Å². The molecule has 1 unspecified atom stereocenters. The van der Waals surface area contributed by atoms with Crippen LogP contribution in [0.4, 0.5) is 0 Å². The average molecular weight is 593 g/mol. The Balaban J connectivity index is 1.08. The van der Waals surface area contributed by atoms with E-state index in [2.05, 4.69) is 43.0 Å². The number of halogens is 1. The Morgan fingerprint density at radius 3 is 2.30 bits per heavy atom. The van der Waals surface area contributed by atoms with Gasteiger partial charge in [-0.25, -0.2) is 8.42 Å². The molecular formula is C28H38BrN3O4S. The lowest BCUT2D eigenvalue weighted by Crippen LogP contribution is -2.57. The Hall–Kier alpha value is -1.45. The predicted molar refractivity (Wildman–Crippen MR) is 145 cm³/mol. The molecule has 6 aliphatic rings. The summed E-state index contributed by atoms with van der Waals surface area (Å²) in [5, 5.41) is 3.46. The Morgan fingerprint density at radius 2 is 1.68 bits per heavy atom. The van der Waals surface area contributed by atoms with E-state index >= 15 is 0 Å². The normalized spacial score (nSPS) is 33.9. The fraction of sp³-hybridized carbons (Fsp3) is 0.714. The Morgan fingerprint density at radius 1 is 1.03 bits per heavy atom. The highest BCUT2D eigenvalue weighted by Gasteiger charge is 2.49. The van der Waals surface area contributed by atoms with Crippen LogP contribution in [0.15, 0.2) is 22.7 Å². The maximum Gasteiger partial charge on any atom is 0.234 e. The van der Waals surface area contributed by atoms with E-state index in [0.29, 0.717) is 24.4 Å². The van der Waals surface area contributed by atoms with Crippen molar-refractivity contribution in [2.75, 3.05) is 25.9 Å². The second kappa shape index (κ2) is 9.63. The zero-order valence-electron chi connectivity index (χ0n) is 21.5. The molecule has 7 nitrogen and oxygen atoms in total. The molecule has 202 valence electrons. The quantitative estimate of drug-likeness (QED) is 0.526. The first-order chi connectivity index (χ1) is 17.6. The molecule has 37 heavy (non-hydrogen) atoms. The van der Waals surface area contributed by atoms with Gasteiger partial charge in [0.15, 0.2) is 0 Å². The molecule has 9 heteroatoms. The number of amides is 2. The number of nitrogens with one attached hydrogen (secondary N) is 2. The first-order valence-electron chi connectivity index (χ1n) is 13.9. The van der Waals surface area contributed by atoms with E-state index in [1.807, 2.05) is 6.07 Å². The molecule has 5 fully saturated rings. The molecule has 4 bridgehead atoms. The lowest BCUT2D eigenvalue weighted by molar-refractivity contribution is -0.126. The van der Waals surface area contributed by atoms with Crippen LogP contribution in [0.5, 0.6) is 0 Å². The van der Waals surface area contributed by atoms with Crippen molar-refractivity contribution in [1.29, 1.82) is 0 Å². The van der Waals surface area contributed by atoms with Gasteiger partial charge in [-0.05, 0) is 117 Å². The Bertz CT molecular complexity index is 1170. The summed E-state index contributed by atoms with van der Waals surface area (Å²) in [6, 6.07) is 6.52. The van der Waals surface area contributed by atoms with Gasteiger partial charge in [0.1, 0.15) is 0 Å². The minimum absolute atomic E-state index is 0.0129. The first kappa shape index (κ1) is 25.8. The molecule has 1 aromatic carbocycles. The van der Waals surface area contributed by atoms with Crippen molar-refractivity contribution in [2.45, 2.75) is 75.2 Å². The SMILES string of the molecule is CS(=O)(=O)NC(=O)CC1CC2(CCN(CC(=O)NC3C4CC5CC(C4)CC3C5)CC2)c2c(Br)cccc21. The highest BCUT2D eigenvalue weighted by atomic mass is 79.9. The Kier molecular flexibility index (Phi) is 6.72.